The maximum absolute atomic E-state index is 12.9. The quantitative estimate of drug-likeness (QED) is 0.662. The van der Waals surface area contributed by atoms with Gasteiger partial charge in [-0.3, -0.25) is 0 Å². The predicted octanol–water partition coefficient (Wildman–Crippen LogP) is 5.74. The first kappa shape index (κ1) is 16.6. The predicted molar refractivity (Wildman–Crippen MR) is 80.5 cm³/mol. The van der Waals surface area contributed by atoms with Gasteiger partial charge < -0.3 is 0 Å². The number of halogens is 3. The van der Waals surface area contributed by atoms with Crippen molar-refractivity contribution in [3.8, 4) is 0 Å². The van der Waals surface area contributed by atoms with Crippen LogP contribution in [0.25, 0.3) is 0 Å². The molecule has 0 amide bonds. The van der Waals surface area contributed by atoms with Gasteiger partial charge >= 0.3 is 6.18 Å². The summed E-state index contributed by atoms with van der Waals surface area (Å²) < 4.78 is 38.6. The molecule has 0 aliphatic heterocycles. The second-order valence-corrected chi connectivity index (χ2v) is 6.66. The van der Waals surface area contributed by atoms with Crippen molar-refractivity contribution in [2.24, 2.45) is 10.2 Å². The Morgan fingerprint density at radius 3 is 2.41 bits per heavy atom. The smallest absolute Gasteiger partial charge is 0.221 e. The van der Waals surface area contributed by atoms with Gasteiger partial charge in [-0.15, -0.1) is 16.5 Å². The molecule has 0 saturated heterocycles. The standard InChI is InChI=1S/C15H16F3N3S/c1-14(2,3)12-9-22-13(20-12)21-19-8-10-6-4-5-7-11(10)15(16,17)18/h4-7,9H,8H2,1-3H3. The van der Waals surface area contributed by atoms with Crippen molar-refractivity contribution in [1.82, 2.24) is 4.98 Å². The Kier molecular flexibility index (Phi) is 4.65. The van der Waals surface area contributed by atoms with E-state index in [2.05, 4.69) is 15.2 Å². The highest BCUT2D eigenvalue weighted by molar-refractivity contribution is 7.13. The Hall–Kier alpha value is -1.76. The Morgan fingerprint density at radius 2 is 1.82 bits per heavy atom. The number of nitrogens with zero attached hydrogens (tertiary/aromatic N) is 3. The van der Waals surface area contributed by atoms with Crippen LogP contribution in [0.1, 0.15) is 37.6 Å². The van der Waals surface area contributed by atoms with E-state index in [9.17, 15) is 13.2 Å². The first-order valence-electron chi connectivity index (χ1n) is 6.66. The van der Waals surface area contributed by atoms with E-state index in [1.54, 1.807) is 6.07 Å². The van der Waals surface area contributed by atoms with E-state index in [0.29, 0.717) is 5.13 Å². The van der Waals surface area contributed by atoms with Crippen LogP contribution in [0.5, 0.6) is 0 Å². The molecule has 1 aromatic heterocycles. The third-order valence-electron chi connectivity index (χ3n) is 2.98. The molecule has 0 spiro atoms. The SMILES string of the molecule is CC(C)(C)c1csc(N=NCc2ccccc2C(F)(F)F)n1. The minimum atomic E-state index is -4.38. The van der Waals surface area contributed by atoms with Gasteiger partial charge in [-0.1, -0.05) is 39.0 Å². The summed E-state index contributed by atoms with van der Waals surface area (Å²) in [6, 6.07) is 5.37. The highest BCUT2D eigenvalue weighted by Gasteiger charge is 2.32. The number of hydrogen-bond donors (Lipinski definition) is 0. The molecule has 0 N–H and O–H groups in total. The molecular formula is C15H16F3N3S. The summed E-state index contributed by atoms with van der Waals surface area (Å²) in [5, 5.41) is 10.1. The van der Waals surface area contributed by atoms with Crippen LogP contribution >= 0.6 is 11.3 Å². The van der Waals surface area contributed by atoms with Gasteiger partial charge in [-0.2, -0.15) is 18.3 Å². The average Bonchev–Trinajstić information content (AvgIpc) is 2.87. The molecule has 2 rings (SSSR count). The lowest BCUT2D eigenvalue weighted by molar-refractivity contribution is -0.138. The Labute approximate surface area is 130 Å². The molecule has 0 atom stereocenters. The van der Waals surface area contributed by atoms with Crippen LogP contribution < -0.4 is 0 Å². The summed E-state index contributed by atoms with van der Waals surface area (Å²) in [7, 11) is 0. The van der Waals surface area contributed by atoms with Crippen LogP contribution in [0.4, 0.5) is 18.3 Å². The number of alkyl halides is 3. The van der Waals surface area contributed by atoms with Crippen LogP contribution in [0.15, 0.2) is 39.9 Å². The van der Waals surface area contributed by atoms with Gasteiger partial charge in [0.1, 0.15) is 0 Å². The van der Waals surface area contributed by atoms with Crippen LogP contribution in [0, 0.1) is 0 Å². The summed E-state index contributed by atoms with van der Waals surface area (Å²) in [5.41, 5.74) is 0.227. The van der Waals surface area contributed by atoms with Gasteiger partial charge in [0.15, 0.2) is 0 Å². The van der Waals surface area contributed by atoms with E-state index < -0.39 is 11.7 Å². The Morgan fingerprint density at radius 1 is 1.14 bits per heavy atom. The zero-order valence-corrected chi connectivity index (χ0v) is 13.3. The second kappa shape index (κ2) is 6.16. The van der Waals surface area contributed by atoms with Crippen molar-refractivity contribution < 1.29 is 13.2 Å². The molecule has 0 aliphatic rings. The van der Waals surface area contributed by atoms with Gasteiger partial charge in [0.05, 0.1) is 17.8 Å². The maximum Gasteiger partial charge on any atom is 0.416 e. The molecule has 0 aliphatic carbocycles. The zero-order valence-electron chi connectivity index (χ0n) is 12.5. The molecule has 3 nitrogen and oxygen atoms in total. The minimum absolute atomic E-state index is 0.0901. The lowest BCUT2D eigenvalue weighted by Crippen LogP contribution is -2.10. The summed E-state index contributed by atoms with van der Waals surface area (Å²) in [5.74, 6) is 0. The molecule has 0 bridgehead atoms. The number of thiazole rings is 1. The summed E-state index contributed by atoms with van der Waals surface area (Å²) in [4.78, 5) is 4.32. The fraction of sp³-hybridized carbons (Fsp3) is 0.400. The van der Waals surface area contributed by atoms with Crippen LogP contribution in [0.3, 0.4) is 0 Å². The van der Waals surface area contributed by atoms with Gasteiger partial charge in [-0.05, 0) is 11.6 Å². The van der Waals surface area contributed by atoms with Crippen LogP contribution in [0.2, 0.25) is 0 Å². The van der Waals surface area contributed by atoms with Crippen molar-refractivity contribution in [3.05, 3.63) is 46.5 Å². The topological polar surface area (TPSA) is 37.6 Å². The molecule has 1 heterocycles. The molecule has 0 saturated carbocycles. The van der Waals surface area contributed by atoms with Crippen LogP contribution in [-0.2, 0) is 18.1 Å². The van der Waals surface area contributed by atoms with E-state index in [1.165, 1.54) is 23.5 Å². The largest absolute Gasteiger partial charge is 0.416 e. The molecule has 0 radical (unpaired) electrons. The van der Waals surface area contributed by atoms with Gasteiger partial charge in [0, 0.05) is 10.8 Å². The fourth-order valence-corrected chi connectivity index (χ4v) is 2.64. The van der Waals surface area contributed by atoms with Gasteiger partial charge in [-0.25, -0.2) is 4.98 Å². The maximum atomic E-state index is 12.9. The highest BCUT2D eigenvalue weighted by atomic mass is 32.1. The zero-order chi connectivity index (χ0) is 16.4. The van der Waals surface area contributed by atoms with Crippen LogP contribution in [-0.4, -0.2) is 4.98 Å². The van der Waals surface area contributed by atoms with Gasteiger partial charge in [0.2, 0.25) is 5.13 Å². The minimum Gasteiger partial charge on any atom is -0.221 e. The molecule has 0 unspecified atom stereocenters. The molecule has 22 heavy (non-hydrogen) atoms. The molecule has 1 aromatic carbocycles. The second-order valence-electron chi connectivity index (χ2n) is 5.82. The van der Waals surface area contributed by atoms with E-state index in [4.69, 9.17) is 0 Å². The van der Waals surface area contributed by atoms with Crippen molar-refractivity contribution >= 4 is 16.5 Å². The van der Waals surface area contributed by atoms with Crippen molar-refractivity contribution in [2.45, 2.75) is 38.9 Å². The first-order valence-corrected chi connectivity index (χ1v) is 7.54. The van der Waals surface area contributed by atoms with E-state index >= 15 is 0 Å². The number of hydrogen-bond acceptors (Lipinski definition) is 4. The fourth-order valence-electron chi connectivity index (χ4n) is 1.76. The lowest BCUT2D eigenvalue weighted by atomic mass is 9.93. The summed E-state index contributed by atoms with van der Waals surface area (Å²) in [6.45, 7) is 5.97. The van der Waals surface area contributed by atoms with E-state index in [0.717, 1.165) is 11.8 Å². The molecule has 0 fully saturated rings. The molecular weight excluding hydrogens is 311 g/mol. The number of rotatable bonds is 3. The van der Waals surface area contributed by atoms with Crippen molar-refractivity contribution in [2.75, 3.05) is 0 Å². The summed E-state index contributed by atoms with van der Waals surface area (Å²) >= 11 is 1.33. The average molecular weight is 327 g/mol. The first-order chi connectivity index (χ1) is 10.2. The summed E-state index contributed by atoms with van der Waals surface area (Å²) in [6.07, 6.45) is -4.38. The molecule has 2 aromatic rings. The normalized spacial score (nSPS) is 13.0. The highest BCUT2D eigenvalue weighted by Crippen LogP contribution is 2.32. The monoisotopic (exact) mass is 327 g/mol. The Balaban J connectivity index is 2.12. The number of aromatic nitrogens is 1. The third kappa shape index (κ3) is 4.13. The third-order valence-corrected chi connectivity index (χ3v) is 3.71. The van der Waals surface area contributed by atoms with Gasteiger partial charge in [0.25, 0.3) is 0 Å². The number of azo groups is 1. The Bertz CT molecular complexity index is 669. The molecule has 7 heteroatoms. The number of benzene rings is 1. The molecule has 118 valence electrons. The van der Waals surface area contributed by atoms with E-state index in [-0.39, 0.29) is 17.5 Å². The van der Waals surface area contributed by atoms with Crippen molar-refractivity contribution in [3.63, 3.8) is 0 Å². The van der Waals surface area contributed by atoms with Crippen molar-refractivity contribution in [1.29, 1.82) is 0 Å². The lowest BCUT2D eigenvalue weighted by Gasteiger charge is -2.13. The van der Waals surface area contributed by atoms with E-state index in [1.807, 2.05) is 26.2 Å².